The monoisotopic (exact) mass is 177 g/mol. The van der Waals surface area contributed by atoms with Crippen LogP contribution in [0.3, 0.4) is 0 Å². The Labute approximate surface area is 51.5 Å². The Morgan fingerprint density at radius 2 is 0.857 bits per heavy atom. The molecule has 0 bridgehead atoms. The first-order valence-electron chi connectivity index (χ1n) is 0.894. The summed E-state index contributed by atoms with van der Waals surface area (Å²) in [5.74, 6) is 0. The van der Waals surface area contributed by atoms with Gasteiger partial charge in [-0.3, -0.25) is 0 Å². The third-order valence-corrected chi connectivity index (χ3v) is 0. The van der Waals surface area contributed by atoms with E-state index in [9.17, 15) is 0 Å². The van der Waals surface area contributed by atoms with Crippen LogP contribution >= 0.6 is 0 Å². The zero-order chi connectivity index (χ0) is 4.50. The predicted molar refractivity (Wildman–Crippen MR) is 18.2 cm³/mol. The first-order valence-corrected chi connectivity index (χ1v) is 2.68. The summed E-state index contributed by atoms with van der Waals surface area (Å²) in [6.07, 6.45) is 0. The van der Waals surface area contributed by atoms with Gasteiger partial charge in [0.25, 0.3) is 0 Å². The Morgan fingerprint density at radius 3 is 0.857 bits per heavy atom. The van der Waals surface area contributed by atoms with Gasteiger partial charge in [-0.05, 0) is 0 Å². The molecule has 0 saturated heterocycles. The van der Waals surface area contributed by atoms with Crippen LogP contribution in [0.15, 0.2) is 0 Å². The maximum atomic E-state index is 7.33. The topological polar surface area (TPSA) is 112 Å². The Bertz CT molecular complexity index is 23.6. The number of rotatable bonds is 0. The van der Waals surface area contributed by atoms with Crippen molar-refractivity contribution in [2.45, 2.75) is 0 Å². The van der Waals surface area contributed by atoms with Crippen LogP contribution in [0.5, 0.6) is 0 Å². The molecule has 0 spiro atoms. The van der Waals surface area contributed by atoms with Crippen LogP contribution in [-0.4, -0.2) is 33.7 Å². The first kappa shape index (κ1) is 15.6. The Kier molecular flexibility index (Phi) is 10.5. The van der Waals surface area contributed by atoms with Gasteiger partial charge in [-0.1, -0.05) is 0 Å². The van der Waals surface area contributed by atoms with E-state index in [2.05, 4.69) is 0 Å². The smallest absolute Gasteiger partial charge is 0.412 e. The first-order chi connectivity index (χ1) is 2.00. The molecule has 1 radical (unpaired) electrons. The Morgan fingerprint density at radius 1 is 0.857 bits per heavy atom. The summed E-state index contributed by atoms with van der Waals surface area (Å²) in [6, 6.07) is 0. The van der Waals surface area contributed by atoms with Crippen molar-refractivity contribution in [1.82, 2.24) is 0 Å². The summed E-state index contributed by atoms with van der Waals surface area (Å²) in [4.78, 5) is 29.3. The Balaban J connectivity index is -0.0000000800. The van der Waals surface area contributed by atoms with Gasteiger partial charge >= 0.3 is 9.05 Å². The van der Waals surface area contributed by atoms with E-state index in [-0.39, 0.29) is 22.5 Å². The van der Waals surface area contributed by atoms with Crippen LogP contribution < -0.4 is 0 Å². The average Bonchev–Trinajstić information content (AvgIpc) is 0.722. The summed E-state index contributed by atoms with van der Waals surface area (Å²) in [5, 5.41) is 0. The van der Waals surface area contributed by atoms with Crippen LogP contribution in [0.25, 0.3) is 0 Å². The summed E-state index contributed by atoms with van der Waals surface area (Å²) in [7, 11) is -4.61. The van der Waals surface area contributed by atoms with Gasteiger partial charge in [-0.25, -0.2) is 0 Å². The second-order valence-electron chi connectivity index (χ2n) is 0.600. The molecule has 5 nitrogen and oxygen atoms in total. The number of hydrogen-bond donors (Lipinski definition) is 4. The van der Waals surface area contributed by atoms with E-state index in [4.69, 9.17) is 19.2 Å². The fourth-order valence-corrected chi connectivity index (χ4v) is 0. The van der Waals surface area contributed by atoms with Gasteiger partial charge in [0, 0.05) is 17.1 Å². The van der Waals surface area contributed by atoms with E-state index in [1.165, 1.54) is 0 Å². The molecule has 0 aliphatic heterocycles. The van der Waals surface area contributed by atoms with Crippen LogP contribution in [0.2, 0.25) is 0 Å². The van der Waals surface area contributed by atoms with Crippen LogP contribution in [0.1, 0.15) is 0 Å². The minimum absolute atomic E-state index is 0. The molecular formula is H6CuO5Si. The van der Waals surface area contributed by atoms with Crippen molar-refractivity contribution in [3.8, 4) is 0 Å². The van der Waals surface area contributed by atoms with E-state index in [0.29, 0.717) is 0 Å². The molecule has 0 aliphatic rings. The molecule has 0 aromatic rings. The third-order valence-electron chi connectivity index (χ3n) is 0. The van der Waals surface area contributed by atoms with Crippen molar-refractivity contribution in [3.05, 3.63) is 0 Å². The second-order valence-corrected chi connectivity index (χ2v) is 1.80. The van der Waals surface area contributed by atoms with E-state index in [1.54, 1.807) is 0 Å². The van der Waals surface area contributed by atoms with Crippen LogP contribution in [0.4, 0.5) is 0 Å². The van der Waals surface area contributed by atoms with Gasteiger partial charge in [0.15, 0.2) is 0 Å². The molecule has 0 unspecified atom stereocenters. The normalized spacial score (nSPS) is 8.57. The molecule has 7 heteroatoms. The van der Waals surface area contributed by atoms with Crippen molar-refractivity contribution < 1.29 is 41.7 Å². The molecule has 0 aromatic heterocycles. The number of hydrogen-bond acceptors (Lipinski definition) is 4. The molecule has 0 rings (SSSR count). The van der Waals surface area contributed by atoms with Gasteiger partial charge in [0.2, 0.25) is 0 Å². The molecule has 7 heavy (non-hydrogen) atoms. The van der Waals surface area contributed by atoms with Gasteiger partial charge in [0.1, 0.15) is 0 Å². The molecule has 0 atom stereocenters. The fourth-order valence-electron chi connectivity index (χ4n) is 0. The van der Waals surface area contributed by atoms with Gasteiger partial charge < -0.3 is 24.7 Å². The fraction of sp³-hybridized carbons (Fsp3) is 0. The standard InChI is InChI=1S/Cu.H4O4Si.H2O/c;1-5(2,3)4;/h;1-4H;1H2. The molecule has 0 aromatic carbocycles. The SMILES string of the molecule is O.O[Si](O)(O)O.[Cu]. The molecule has 0 amide bonds. The van der Waals surface area contributed by atoms with E-state index in [1.807, 2.05) is 0 Å². The average molecular weight is 178 g/mol. The third kappa shape index (κ3) is 468. The van der Waals surface area contributed by atoms with Crippen molar-refractivity contribution in [2.75, 3.05) is 0 Å². The van der Waals surface area contributed by atoms with E-state index < -0.39 is 9.05 Å². The largest absolute Gasteiger partial charge is 0.668 e. The second kappa shape index (κ2) is 4.69. The summed E-state index contributed by atoms with van der Waals surface area (Å²) in [5.41, 5.74) is 0. The van der Waals surface area contributed by atoms with Gasteiger partial charge in [0.05, 0.1) is 0 Å². The molecule has 6 N–H and O–H groups in total. The van der Waals surface area contributed by atoms with Crippen LogP contribution in [0, 0.1) is 0 Å². The molecular weight excluding hydrogens is 172 g/mol. The zero-order valence-electron chi connectivity index (χ0n) is 3.09. The van der Waals surface area contributed by atoms with Crippen molar-refractivity contribution >= 4 is 9.05 Å². The molecule has 51 valence electrons. The maximum Gasteiger partial charge on any atom is 0.668 e. The Hall–Kier alpha value is 0.536. The molecule has 0 heterocycles. The maximum absolute atomic E-state index is 7.33. The van der Waals surface area contributed by atoms with Crippen molar-refractivity contribution in [1.29, 1.82) is 0 Å². The van der Waals surface area contributed by atoms with E-state index in [0.717, 1.165) is 0 Å². The van der Waals surface area contributed by atoms with Crippen LogP contribution in [-0.2, 0) is 17.1 Å². The van der Waals surface area contributed by atoms with Gasteiger partial charge in [-0.15, -0.1) is 0 Å². The minimum atomic E-state index is -4.61. The van der Waals surface area contributed by atoms with Crippen molar-refractivity contribution in [3.63, 3.8) is 0 Å². The zero-order valence-corrected chi connectivity index (χ0v) is 5.03. The summed E-state index contributed by atoms with van der Waals surface area (Å²) < 4.78 is 0. The summed E-state index contributed by atoms with van der Waals surface area (Å²) >= 11 is 0. The molecule has 0 fully saturated rings. The molecule has 0 aliphatic carbocycles. The van der Waals surface area contributed by atoms with Crippen molar-refractivity contribution in [2.24, 2.45) is 0 Å². The van der Waals surface area contributed by atoms with Gasteiger partial charge in [-0.2, -0.15) is 0 Å². The minimum Gasteiger partial charge on any atom is -0.412 e. The molecule has 0 saturated carbocycles. The van der Waals surface area contributed by atoms with E-state index >= 15 is 0 Å². The quantitative estimate of drug-likeness (QED) is 0.289. The predicted octanol–water partition coefficient (Wildman–Crippen LogP) is -3.44. The summed E-state index contributed by atoms with van der Waals surface area (Å²) in [6.45, 7) is 0.